The van der Waals surface area contributed by atoms with Gasteiger partial charge in [-0.15, -0.1) is 0 Å². The van der Waals surface area contributed by atoms with Crippen LogP contribution in [0.5, 0.6) is 5.75 Å². The molecule has 1 saturated carbocycles. The number of ether oxygens (including phenoxy) is 2. The number of methoxy groups -OCH3 is 1. The Hall–Kier alpha value is -3.69. The highest BCUT2D eigenvalue weighted by molar-refractivity contribution is 6.01. The predicted molar refractivity (Wildman–Crippen MR) is 137 cm³/mol. The summed E-state index contributed by atoms with van der Waals surface area (Å²) in [6, 6.07) is 5.62. The van der Waals surface area contributed by atoms with Crippen molar-refractivity contribution < 1.29 is 27.8 Å². The molecule has 0 bridgehead atoms. The first-order valence-corrected chi connectivity index (χ1v) is 13.1. The minimum atomic E-state index is -0.552. The number of nitrogens with one attached hydrogen (secondary N) is 1. The number of anilines is 1. The van der Waals surface area contributed by atoms with Crippen LogP contribution in [-0.4, -0.2) is 47.8 Å². The fourth-order valence-electron chi connectivity index (χ4n) is 5.76. The van der Waals surface area contributed by atoms with Gasteiger partial charge in [0.2, 0.25) is 0 Å². The molecule has 5 rings (SSSR count). The van der Waals surface area contributed by atoms with Gasteiger partial charge in [-0.1, -0.05) is 0 Å². The number of hydrogen-bond acceptors (Lipinski definition) is 6. The van der Waals surface area contributed by atoms with Gasteiger partial charge < -0.3 is 19.7 Å². The Bertz CT molecular complexity index is 1340. The minimum absolute atomic E-state index is 0.0945. The van der Waals surface area contributed by atoms with Gasteiger partial charge in [-0.05, 0) is 69.7 Å². The zero-order valence-electron chi connectivity index (χ0n) is 21.6. The van der Waals surface area contributed by atoms with E-state index >= 15 is 4.39 Å². The first-order valence-electron chi connectivity index (χ1n) is 13.1. The highest BCUT2D eigenvalue weighted by atomic mass is 19.1. The van der Waals surface area contributed by atoms with Gasteiger partial charge >= 0.3 is 5.97 Å². The third-order valence-corrected chi connectivity index (χ3v) is 7.64. The molecule has 2 aliphatic rings. The lowest BCUT2D eigenvalue weighted by atomic mass is 9.86. The number of rotatable bonds is 7. The van der Waals surface area contributed by atoms with E-state index in [1.165, 1.54) is 30.0 Å². The summed E-state index contributed by atoms with van der Waals surface area (Å²) in [4.78, 5) is 27.1. The Morgan fingerprint density at radius 2 is 1.92 bits per heavy atom. The van der Waals surface area contributed by atoms with Crippen molar-refractivity contribution in [2.45, 2.75) is 57.5 Å². The molecule has 1 aromatic carbocycles. The monoisotopic (exact) mass is 526 g/mol. The summed E-state index contributed by atoms with van der Waals surface area (Å²) in [6.45, 7) is 2.72. The Labute approximate surface area is 219 Å². The molecule has 38 heavy (non-hydrogen) atoms. The number of amides is 1. The Morgan fingerprint density at radius 3 is 2.66 bits per heavy atom. The van der Waals surface area contributed by atoms with Crippen molar-refractivity contribution >= 4 is 23.1 Å². The third kappa shape index (κ3) is 4.91. The zero-order valence-corrected chi connectivity index (χ0v) is 21.6. The average Bonchev–Trinajstić information content (AvgIpc) is 3.57. The summed E-state index contributed by atoms with van der Waals surface area (Å²) in [5.74, 6) is -1.12. The van der Waals surface area contributed by atoms with Crippen molar-refractivity contribution in [1.82, 2.24) is 14.9 Å². The van der Waals surface area contributed by atoms with Gasteiger partial charge in [-0.2, -0.15) is 5.10 Å². The number of carbonyl (C=O) groups excluding carboxylic acids is 2. The quantitative estimate of drug-likeness (QED) is 0.445. The summed E-state index contributed by atoms with van der Waals surface area (Å²) in [5.41, 5.74) is 1.23. The number of esters is 1. The maximum atomic E-state index is 16.1. The molecule has 0 unspecified atom stereocenters. The molecule has 3 heterocycles. The standard InChI is InChI=1S/C28H32F2N4O4/c1-3-38-28(36)17-6-9-19(10-7-17)32-27(35)21-16-31-34-14-12-23(25(30)26(21)34)33-13-4-5-22(33)20-15-18(29)8-11-24(20)37-2/h8,11-12,14-17,19,22H,3-7,9-10,13H2,1-2H3,(H,32,35)/t17-,19-,22-/m1/s1. The van der Waals surface area contributed by atoms with Crippen LogP contribution < -0.4 is 15.0 Å². The van der Waals surface area contributed by atoms with E-state index in [0.717, 1.165) is 6.42 Å². The molecule has 8 nitrogen and oxygen atoms in total. The molecule has 2 aromatic heterocycles. The number of aromatic nitrogens is 2. The van der Waals surface area contributed by atoms with Crippen LogP contribution in [0.3, 0.4) is 0 Å². The number of carbonyl (C=O) groups is 2. The van der Waals surface area contributed by atoms with E-state index < -0.39 is 11.7 Å². The highest BCUT2D eigenvalue weighted by Gasteiger charge is 2.33. The number of halogens is 2. The van der Waals surface area contributed by atoms with Crippen LogP contribution >= 0.6 is 0 Å². The normalized spacial score (nSPS) is 21.5. The number of nitrogens with zero attached hydrogens (tertiary/aromatic N) is 3. The van der Waals surface area contributed by atoms with E-state index in [1.54, 1.807) is 25.3 Å². The highest BCUT2D eigenvalue weighted by Crippen LogP contribution is 2.41. The van der Waals surface area contributed by atoms with E-state index in [9.17, 15) is 14.0 Å². The summed E-state index contributed by atoms with van der Waals surface area (Å²) in [7, 11) is 1.53. The van der Waals surface area contributed by atoms with Crippen LogP contribution in [0.25, 0.3) is 5.52 Å². The fourth-order valence-corrected chi connectivity index (χ4v) is 5.76. The number of hydrogen-bond donors (Lipinski definition) is 1. The number of benzene rings is 1. The lowest BCUT2D eigenvalue weighted by Gasteiger charge is -2.29. The molecule has 1 saturated heterocycles. The van der Waals surface area contributed by atoms with Crippen molar-refractivity contribution in [1.29, 1.82) is 0 Å². The van der Waals surface area contributed by atoms with Crippen LogP contribution in [0.4, 0.5) is 14.5 Å². The van der Waals surface area contributed by atoms with Gasteiger partial charge in [-0.25, -0.2) is 13.3 Å². The molecule has 202 valence electrons. The molecule has 1 amide bonds. The molecule has 1 aliphatic heterocycles. The van der Waals surface area contributed by atoms with Gasteiger partial charge in [-0.3, -0.25) is 9.59 Å². The van der Waals surface area contributed by atoms with E-state index in [-0.39, 0.29) is 40.9 Å². The largest absolute Gasteiger partial charge is 0.496 e. The van der Waals surface area contributed by atoms with E-state index in [4.69, 9.17) is 9.47 Å². The lowest BCUT2D eigenvalue weighted by Crippen LogP contribution is -2.39. The smallest absolute Gasteiger partial charge is 0.308 e. The maximum absolute atomic E-state index is 16.1. The second kappa shape index (κ2) is 11.0. The first kappa shape index (κ1) is 25.9. The molecule has 10 heteroatoms. The Balaban J connectivity index is 1.37. The number of pyridine rings is 1. The van der Waals surface area contributed by atoms with Crippen molar-refractivity contribution in [3.63, 3.8) is 0 Å². The first-order chi connectivity index (χ1) is 18.4. The molecule has 0 radical (unpaired) electrons. The molecular formula is C28H32F2N4O4. The van der Waals surface area contributed by atoms with Gasteiger partial charge in [0.15, 0.2) is 5.82 Å². The Kier molecular flexibility index (Phi) is 7.49. The minimum Gasteiger partial charge on any atom is -0.496 e. The van der Waals surface area contributed by atoms with Gasteiger partial charge in [0.25, 0.3) is 5.91 Å². The molecule has 0 spiro atoms. The van der Waals surface area contributed by atoms with Gasteiger partial charge in [0, 0.05) is 24.3 Å². The van der Waals surface area contributed by atoms with Crippen LogP contribution in [0.1, 0.15) is 67.4 Å². The second-order valence-corrected chi connectivity index (χ2v) is 9.88. The predicted octanol–water partition coefficient (Wildman–Crippen LogP) is 4.81. The topological polar surface area (TPSA) is 85.2 Å². The van der Waals surface area contributed by atoms with Crippen LogP contribution in [-0.2, 0) is 9.53 Å². The van der Waals surface area contributed by atoms with E-state index in [2.05, 4.69) is 10.4 Å². The van der Waals surface area contributed by atoms with Crippen LogP contribution in [0.2, 0.25) is 0 Å². The molecular weight excluding hydrogens is 494 g/mol. The average molecular weight is 527 g/mol. The molecule has 2 fully saturated rings. The van der Waals surface area contributed by atoms with E-state index in [0.29, 0.717) is 62.3 Å². The van der Waals surface area contributed by atoms with Crippen LogP contribution in [0.15, 0.2) is 36.7 Å². The summed E-state index contributed by atoms with van der Waals surface area (Å²) >= 11 is 0. The van der Waals surface area contributed by atoms with Gasteiger partial charge in [0.1, 0.15) is 17.1 Å². The van der Waals surface area contributed by atoms with Crippen molar-refractivity contribution in [2.75, 3.05) is 25.2 Å². The summed E-state index contributed by atoms with van der Waals surface area (Å²) in [5, 5.41) is 7.19. The maximum Gasteiger partial charge on any atom is 0.308 e. The molecule has 1 atom stereocenters. The second-order valence-electron chi connectivity index (χ2n) is 9.88. The van der Waals surface area contributed by atoms with Crippen molar-refractivity contribution in [2.24, 2.45) is 5.92 Å². The molecule has 1 N–H and O–H groups in total. The molecule has 1 aliphatic carbocycles. The number of fused-ring (bicyclic) bond motifs is 1. The van der Waals surface area contributed by atoms with E-state index in [1.807, 2.05) is 4.90 Å². The SMILES string of the molecule is CCOC(=O)[C@H]1CC[C@H](NC(=O)c2cnn3ccc(N4CCC[C@@H]4c4cc(F)ccc4OC)c(F)c23)CC1. The van der Waals surface area contributed by atoms with Crippen LogP contribution in [0, 0.1) is 17.6 Å². The van der Waals surface area contributed by atoms with Crippen molar-refractivity contribution in [3.05, 3.63) is 59.4 Å². The third-order valence-electron chi connectivity index (χ3n) is 7.64. The summed E-state index contributed by atoms with van der Waals surface area (Å²) < 4.78 is 42.1. The summed E-state index contributed by atoms with van der Waals surface area (Å²) in [6.07, 6.45) is 7.09. The Morgan fingerprint density at radius 1 is 1.13 bits per heavy atom. The lowest BCUT2D eigenvalue weighted by molar-refractivity contribution is -0.149. The fraction of sp³-hybridized carbons (Fsp3) is 0.464. The van der Waals surface area contributed by atoms with Crippen molar-refractivity contribution in [3.8, 4) is 5.75 Å². The molecule has 3 aromatic rings. The van der Waals surface area contributed by atoms with Gasteiger partial charge in [0.05, 0.1) is 43.1 Å². The zero-order chi connectivity index (χ0) is 26.8.